The number of sulfonamides is 1. The van der Waals surface area contributed by atoms with Gasteiger partial charge in [-0.1, -0.05) is 52.7 Å². The van der Waals surface area contributed by atoms with Gasteiger partial charge in [-0.15, -0.1) is 0 Å². The highest BCUT2D eigenvalue weighted by molar-refractivity contribution is 9.10. The molecule has 0 saturated carbocycles. The van der Waals surface area contributed by atoms with Crippen molar-refractivity contribution >= 4 is 59.4 Å². The number of hydrogen-bond acceptors (Lipinski definition) is 5. The summed E-state index contributed by atoms with van der Waals surface area (Å²) in [6.07, 6.45) is 0.732. The average molecular weight is 710 g/mol. The third kappa shape index (κ3) is 8.33. The van der Waals surface area contributed by atoms with Crippen molar-refractivity contribution in [3.63, 3.8) is 0 Å². The Balaban J connectivity index is 2.04. The summed E-state index contributed by atoms with van der Waals surface area (Å²) >= 11 is 6.78. The third-order valence-electron chi connectivity index (χ3n) is 6.75. The second-order valence-electron chi connectivity index (χ2n) is 9.79. The molecule has 3 aromatic carbocycles. The number of amides is 2. The van der Waals surface area contributed by atoms with Crippen LogP contribution in [-0.2, 0) is 26.2 Å². The Morgan fingerprint density at radius 3 is 2.17 bits per heavy atom. The number of carbonyl (C=O) groups is 2. The molecule has 2 unspecified atom stereocenters. The van der Waals surface area contributed by atoms with E-state index in [1.54, 1.807) is 37.3 Å². The minimum absolute atomic E-state index is 0.0134. The summed E-state index contributed by atoms with van der Waals surface area (Å²) in [5.41, 5.74) is 2.07. The smallest absolute Gasteiger partial charge is 0.264 e. The van der Waals surface area contributed by atoms with E-state index in [1.165, 1.54) is 24.1 Å². The number of rotatable bonds is 12. The Bertz CT molecular complexity index is 1460. The summed E-state index contributed by atoms with van der Waals surface area (Å²) in [5, 5.41) is 2.93. The van der Waals surface area contributed by atoms with Gasteiger partial charge in [0.05, 0.1) is 22.2 Å². The van der Waals surface area contributed by atoms with Crippen LogP contribution in [0, 0.1) is 6.92 Å². The van der Waals surface area contributed by atoms with E-state index in [0.29, 0.717) is 15.9 Å². The van der Waals surface area contributed by atoms with Crippen molar-refractivity contribution in [2.24, 2.45) is 0 Å². The first-order valence-corrected chi connectivity index (χ1v) is 16.2. The monoisotopic (exact) mass is 707 g/mol. The number of aryl methyl sites for hydroxylation is 1. The number of halogens is 2. The van der Waals surface area contributed by atoms with E-state index in [0.717, 1.165) is 26.3 Å². The molecule has 0 fully saturated rings. The van der Waals surface area contributed by atoms with Crippen LogP contribution in [0.25, 0.3) is 0 Å². The Labute approximate surface area is 259 Å². The SMILES string of the molecule is CCC(C)NC(=O)C(C)N(Cc1ccc(Br)cc1)C(=O)CN(c1ccc(C)cc1)S(=O)(=O)c1ccc(OC)c(Br)c1. The standard InChI is InChI=1S/C30H35Br2N3O5S/c1-6-21(3)33-30(37)22(4)34(18-23-9-11-24(31)12-10-23)29(36)19-35(25-13-7-20(2)8-14-25)41(38,39)26-15-16-28(40-5)27(32)17-26/h7-17,21-22H,6,18-19H2,1-5H3,(H,33,37). The molecule has 0 aromatic heterocycles. The van der Waals surface area contributed by atoms with E-state index in [9.17, 15) is 18.0 Å². The molecule has 0 heterocycles. The molecule has 2 amide bonds. The first-order valence-electron chi connectivity index (χ1n) is 13.1. The molecule has 0 bridgehead atoms. The topological polar surface area (TPSA) is 96.0 Å². The van der Waals surface area contributed by atoms with Crippen LogP contribution in [0.2, 0.25) is 0 Å². The maximum absolute atomic E-state index is 14.0. The number of anilines is 1. The highest BCUT2D eigenvalue weighted by atomic mass is 79.9. The molecule has 3 rings (SSSR count). The average Bonchev–Trinajstić information content (AvgIpc) is 2.95. The third-order valence-corrected chi connectivity index (χ3v) is 9.66. The van der Waals surface area contributed by atoms with Crippen LogP contribution in [0.1, 0.15) is 38.3 Å². The predicted octanol–water partition coefficient (Wildman–Crippen LogP) is 6.06. The van der Waals surface area contributed by atoms with Crippen LogP contribution in [0.3, 0.4) is 0 Å². The summed E-state index contributed by atoms with van der Waals surface area (Å²) in [7, 11) is -2.71. The van der Waals surface area contributed by atoms with Crippen LogP contribution < -0.4 is 14.4 Å². The Morgan fingerprint density at radius 2 is 1.61 bits per heavy atom. The van der Waals surface area contributed by atoms with Crippen molar-refractivity contribution < 1.29 is 22.7 Å². The first kappa shape index (κ1) is 32.6. The number of carbonyl (C=O) groups excluding carboxylic acids is 2. The lowest BCUT2D eigenvalue weighted by molar-refractivity contribution is -0.139. The second kappa shape index (κ2) is 14.3. The number of nitrogens with zero attached hydrogens (tertiary/aromatic N) is 2. The lowest BCUT2D eigenvalue weighted by atomic mass is 10.1. The largest absolute Gasteiger partial charge is 0.496 e. The van der Waals surface area contributed by atoms with Crippen LogP contribution >= 0.6 is 31.9 Å². The van der Waals surface area contributed by atoms with Gasteiger partial charge in [0.25, 0.3) is 10.0 Å². The lowest BCUT2D eigenvalue weighted by Gasteiger charge is -2.32. The van der Waals surface area contributed by atoms with Crippen molar-refractivity contribution in [1.82, 2.24) is 10.2 Å². The summed E-state index contributed by atoms with van der Waals surface area (Å²) < 4.78 is 35.7. The van der Waals surface area contributed by atoms with Crippen molar-refractivity contribution in [3.05, 3.63) is 86.8 Å². The molecular weight excluding hydrogens is 674 g/mol. The number of benzene rings is 3. The molecule has 220 valence electrons. The highest BCUT2D eigenvalue weighted by Gasteiger charge is 2.33. The first-order chi connectivity index (χ1) is 19.4. The van der Waals surface area contributed by atoms with Crippen LogP contribution in [0.4, 0.5) is 5.69 Å². The Kier molecular flexibility index (Phi) is 11.4. The molecule has 0 aliphatic heterocycles. The van der Waals surface area contributed by atoms with Gasteiger partial charge in [-0.2, -0.15) is 0 Å². The van der Waals surface area contributed by atoms with Gasteiger partial charge >= 0.3 is 0 Å². The normalized spacial score (nSPS) is 12.8. The Hall–Kier alpha value is -2.89. The summed E-state index contributed by atoms with van der Waals surface area (Å²) in [5.74, 6) is -0.353. The molecule has 0 radical (unpaired) electrons. The van der Waals surface area contributed by atoms with Crippen LogP contribution in [-0.4, -0.2) is 50.9 Å². The van der Waals surface area contributed by atoms with Gasteiger partial charge in [-0.05, 0) is 91.1 Å². The van der Waals surface area contributed by atoms with Gasteiger partial charge in [-0.25, -0.2) is 8.42 Å². The van der Waals surface area contributed by atoms with Crippen molar-refractivity contribution in [1.29, 1.82) is 0 Å². The number of hydrogen-bond donors (Lipinski definition) is 1. The van der Waals surface area contributed by atoms with Gasteiger partial charge in [-0.3, -0.25) is 13.9 Å². The minimum Gasteiger partial charge on any atom is -0.496 e. The molecule has 1 N–H and O–H groups in total. The van der Waals surface area contributed by atoms with Crippen molar-refractivity contribution in [2.45, 2.75) is 57.6 Å². The summed E-state index contributed by atoms with van der Waals surface area (Å²) in [4.78, 5) is 28.6. The lowest BCUT2D eigenvalue weighted by Crippen LogP contribution is -2.52. The molecule has 0 spiro atoms. The Morgan fingerprint density at radius 1 is 0.976 bits per heavy atom. The fraction of sp³-hybridized carbons (Fsp3) is 0.333. The molecular formula is C30H35Br2N3O5S. The number of methoxy groups -OCH3 is 1. The van der Waals surface area contributed by atoms with E-state index in [-0.39, 0.29) is 23.4 Å². The minimum atomic E-state index is -4.20. The van der Waals surface area contributed by atoms with Gasteiger partial charge in [0.2, 0.25) is 11.8 Å². The van der Waals surface area contributed by atoms with Gasteiger partial charge < -0.3 is 15.0 Å². The van der Waals surface area contributed by atoms with Crippen LogP contribution in [0.5, 0.6) is 5.75 Å². The highest BCUT2D eigenvalue weighted by Crippen LogP contribution is 2.31. The predicted molar refractivity (Wildman–Crippen MR) is 168 cm³/mol. The molecule has 0 aliphatic carbocycles. The van der Waals surface area contributed by atoms with E-state index in [1.807, 2.05) is 45.0 Å². The zero-order valence-electron chi connectivity index (χ0n) is 23.7. The maximum atomic E-state index is 14.0. The zero-order valence-corrected chi connectivity index (χ0v) is 27.7. The second-order valence-corrected chi connectivity index (χ2v) is 13.4. The van der Waals surface area contributed by atoms with Crippen LogP contribution in [0.15, 0.2) is 80.6 Å². The summed E-state index contributed by atoms with van der Waals surface area (Å²) in [6, 6.07) is 17.8. The number of nitrogens with one attached hydrogen (secondary N) is 1. The molecule has 0 aliphatic rings. The van der Waals surface area contributed by atoms with E-state index in [4.69, 9.17) is 4.74 Å². The van der Waals surface area contributed by atoms with E-state index >= 15 is 0 Å². The molecule has 11 heteroatoms. The molecule has 41 heavy (non-hydrogen) atoms. The quantitative estimate of drug-likeness (QED) is 0.247. The van der Waals surface area contributed by atoms with Gasteiger partial charge in [0.1, 0.15) is 18.3 Å². The molecule has 0 saturated heterocycles. The van der Waals surface area contributed by atoms with Crippen molar-refractivity contribution in [3.8, 4) is 5.75 Å². The number of ether oxygens (including phenoxy) is 1. The zero-order chi connectivity index (χ0) is 30.3. The van der Waals surface area contributed by atoms with Crippen molar-refractivity contribution in [2.75, 3.05) is 18.0 Å². The summed E-state index contributed by atoms with van der Waals surface area (Å²) in [6.45, 7) is 7.02. The van der Waals surface area contributed by atoms with E-state index in [2.05, 4.69) is 37.2 Å². The van der Waals surface area contributed by atoms with Gasteiger partial charge in [0, 0.05) is 17.1 Å². The molecule has 3 aromatic rings. The van der Waals surface area contributed by atoms with Gasteiger partial charge in [0.15, 0.2) is 0 Å². The molecule has 8 nitrogen and oxygen atoms in total. The van der Waals surface area contributed by atoms with E-state index < -0.39 is 28.5 Å². The fourth-order valence-electron chi connectivity index (χ4n) is 4.01. The fourth-order valence-corrected chi connectivity index (χ4v) is 6.41. The molecule has 2 atom stereocenters. The maximum Gasteiger partial charge on any atom is 0.264 e.